The summed E-state index contributed by atoms with van der Waals surface area (Å²) >= 11 is 0. The number of hydrogen-bond donors (Lipinski definition) is 0. The normalized spacial score (nSPS) is 30.6. The standard InChI is InChI=1S/C13H15N/c1-10-3-6-12(7-4-10)13-8-5-11(2)9-14-13/h3-4,6-7,9H,5,8H2,1-2H3/i1D3,2D3,5D. The molecule has 0 bridgehead atoms. The molecule has 0 N–H and O–H groups in total. The van der Waals surface area contributed by atoms with E-state index in [-0.39, 0.29) is 17.6 Å². The van der Waals surface area contributed by atoms with Gasteiger partial charge in [0, 0.05) is 21.5 Å². The summed E-state index contributed by atoms with van der Waals surface area (Å²) in [6.07, 6.45) is 0.589. The predicted molar refractivity (Wildman–Crippen MR) is 60.7 cm³/mol. The SMILES string of the molecule is [2H]C1CC(c2ccc(C([2H])([2H])[2H])cc2)=NC=C1C([2H])([2H])[2H]. The van der Waals surface area contributed by atoms with Crippen LogP contribution in [-0.4, -0.2) is 5.71 Å². The minimum atomic E-state index is -2.30. The summed E-state index contributed by atoms with van der Waals surface area (Å²) in [4.78, 5) is 4.12. The van der Waals surface area contributed by atoms with E-state index in [1.54, 1.807) is 12.1 Å². The van der Waals surface area contributed by atoms with Gasteiger partial charge in [-0.3, -0.25) is 4.99 Å². The molecule has 0 spiro atoms. The molecule has 0 fully saturated rings. The quantitative estimate of drug-likeness (QED) is 0.646. The maximum Gasteiger partial charge on any atom is 0.0479 e. The van der Waals surface area contributed by atoms with Crippen LogP contribution < -0.4 is 0 Å². The lowest BCUT2D eigenvalue weighted by Crippen LogP contribution is -2.04. The van der Waals surface area contributed by atoms with Gasteiger partial charge in [-0.05, 0) is 32.1 Å². The Kier molecular flexibility index (Phi) is 1.09. The molecular weight excluding hydrogens is 170 g/mol. The molecule has 0 amide bonds. The van der Waals surface area contributed by atoms with Crippen LogP contribution >= 0.6 is 0 Å². The minimum absolute atomic E-state index is 0.0327. The molecule has 1 nitrogen and oxygen atoms in total. The highest BCUT2D eigenvalue weighted by atomic mass is 14.7. The summed E-state index contributed by atoms with van der Waals surface area (Å²) in [6.45, 7) is -4.45. The molecule has 1 atom stereocenters. The van der Waals surface area contributed by atoms with Crippen molar-refractivity contribution < 1.29 is 9.60 Å². The molecule has 1 aromatic carbocycles. The van der Waals surface area contributed by atoms with Gasteiger partial charge in [0.25, 0.3) is 0 Å². The molecule has 0 aliphatic carbocycles. The first kappa shape index (κ1) is 4.01. The predicted octanol–water partition coefficient (Wildman–Crippen LogP) is 3.48. The van der Waals surface area contributed by atoms with Crippen LogP contribution in [0.4, 0.5) is 0 Å². The van der Waals surface area contributed by atoms with Crippen LogP contribution in [0.1, 0.15) is 40.4 Å². The fraction of sp³-hybridized carbons (Fsp3) is 0.308. The molecule has 72 valence electrons. The molecule has 1 heteroatoms. The third-order valence-electron chi connectivity index (χ3n) is 2.09. The van der Waals surface area contributed by atoms with Gasteiger partial charge in [0.15, 0.2) is 0 Å². The zero-order chi connectivity index (χ0) is 15.8. The van der Waals surface area contributed by atoms with Crippen molar-refractivity contribution >= 4 is 5.71 Å². The molecule has 14 heavy (non-hydrogen) atoms. The van der Waals surface area contributed by atoms with E-state index < -0.39 is 20.1 Å². The third-order valence-corrected chi connectivity index (χ3v) is 2.09. The van der Waals surface area contributed by atoms with Gasteiger partial charge in [0.2, 0.25) is 0 Å². The number of hydrogen-bond acceptors (Lipinski definition) is 1. The van der Waals surface area contributed by atoms with Crippen LogP contribution in [0, 0.1) is 6.85 Å². The van der Waals surface area contributed by atoms with E-state index in [0.29, 0.717) is 11.3 Å². The van der Waals surface area contributed by atoms with Crippen LogP contribution in [0.25, 0.3) is 0 Å². The summed E-state index contributed by atoms with van der Waals surface area (Å²) in [5, 5.41) is 0. The van der Waals surface area contributed by atoms with Gasteiger partial charge in [0.05, 0.1) is 0 Å². The van der Waals surface area contributed by atoms with Gasteiger partial charge in [-0.25, -0.2) is 0 Å². The second-order valence-corrected chi connectivity index (χ2v) is 3.15. The highest BCUT2D eigenvalue weighted by Gasteiger charge is 2.06. The number of nitrogens with zero attached hydrogens (tertiary/aromatic N) is 1. The van der Waals surface area contributed by atoms with Crippen molar-refractivity contribution in [2.75, 3.05) is 0 Å². The van der Waals surface area contributed by atoms with E-state index >= 15 is 0 Å². The average molecular weight is 192 g/mol. The van der Waals surface area contributed by atoms with Crippen molar-refractivity contribution in [2.24, 2.45) is 4.99 Å². The molecule has 1 aromatic rings. The van der Waals surface area contributed by atoms with Crippen LogP contribution in [0.2, 0.25) is 0 Å². The molecule has 2 rings (SSSR count). The summed E-state index contributed by atoms with van der Waals surface area (Å²) in [5.41, 5.74) is 1.58. The first-order valence-electron chi connectivity index (χ1n) is 7.97. The minimum Gasteiger partial charge on any atom is -0.261 e. The Morgan fingerprint density at radius 2 is 2.14 bits per heavy atom. The smallest absolute Gasteiger partial charge is 0.0479 e. The second kappa shape index (κ2) is 3.79. The topological polar surface area (TPSA) is 12.4 Å². The number of allylic oxidation sites excluding steroid dienone is 1. The highest BCUT2D eigenvalue weighted by Crippen LogP contribution is 2.16. The fourth-order valence-corrected chi connectivity index (χ4v) is 1.31. The largest absolute Gasteiger partial charge is 0.261 e. The van der Waals surface area contributed by atoms with E-state index in [9.17, 15) is 0 Å². The molecule has 1 aliphatic heterocycles. The lowest BCUT2D eigenvalue weighted by atomic mass is 10.0. The van der Waals surface area contributed by atoms with Crippen molar-refractivity contribution in [3.63, 3.8) is 0 Å². The first-order valence-corrected chi connectivity index (χ1v) is 4.39. The molecule has 0 radical (unpaired) electrons. The first-order chi connectivity index (χ1) is 9.59. The summed E-state index contributed by atoms with van der Waals surface area (Å²) < 4.78 is 51.9. The second-order valence-electron chi connectivity index (χ2n) is 3.15. The van der Waals surface area contributed by atoms with E-state index in [1.165, 1.54) is 18.3 Å². The molecule has 1 heterocycles. The molecule has 1 unspecified atom stereocenters. The fourth-order valence-electron chi connectivity index (χ4n) is 1.31. The van der Waals surface area contributed by atoms with Gasteiger partial charge in [-0.1, -0.05) is 35.4 Å². The van der Waals surface area contributed by atoms with Crippen molar-refractivity contribution in [2.45, 2.75) is 26.5 Å². The molecule has 0 saturated carbocycles. The van der Waals surface area contributed by atoms with E-state index in [0.717, 1.165) is 0 Å². The van der Waals surface area contributed by atoms with Crippen molar-refractivity contribution in [3.05, 3.63) is 47.2 Å². The Bertz CT molecular complexity index is 578. The van der Waals surface area contributed by atoms with Crippen LogP contribution in [0.15, 0.2) is 41.0 Å². The molecular formula is C13H15N. The van der Waals surface area contributed by atoms with Crippen LogP contribution in [0.5, 0.6) is 0 Å². The number of aryl methyl sites for hydroxylation is 1. The third kappa shape index (κ3) is 1.92. The maximum absolute atomic E-state index is 7.91. The summed E-state index contributed by atoms with van der Waals surface area (Å²) in [7, 11) is 0. The number of benzene rings is 1. The monoisotopic (exact) mass is 192 g/mol. The zero-order valence-corrected chi connectivity index (χ0v) is 7.62. The molecule has 0 aromatic heterocycles. The van der Waals surface area contributed by atoms with Crippen LogP contribution in [0.3, 0.4) is 0 Å². The lowest BCUT2D eigenvalue weighted by molar-refractivity contribution is 0.976. The Hall–Kier alpha value is -1.37. The van der Waals surface area contributed by atoms with Crippen molar-refractivity contribution in [1.82, 2.24) is 0 Å². The Morgan fingerprint density at radius 1 is 1.29 bits per heavy atom. The average Bonchev–Trinajstić information content (AvgIpc) is 2.36. The van der Waals surface area contributed by atoms with Gasteiger partial charge in [-0.2, -0.15) is 0 Å². The van der Waals surface area contributed by atoms with Crippen LogP contribution in [-0.2, 0) is 0 Å². The highest BCUT2D eigenvalue weighted by molar-refractivity contribution is 6.01. The number of rotatable bonds is 1. The van der Waals surface area contributed by atoms with Gasteiger partial charge in [0.1, 0.15) is 0 Å². The van der Waals surface area contributed by atoms with E-state index in [2.05, 4.69) is 4.99 Å². The summed E-state index contributed by atoms with van der Waals surface area (Å²) in [6, 6.07) is 6.29. The van der Waals surface area contributed by atoms with Crippen molar-refractivity contribution in [3.8, 4) is 0 Å². The van der Waals surface area contributed by atoms with Gasteiger partial charge in [-0.15, -0.1) is 0 Å². The number of aliphatic imine (C=N–C) groups is 1. The van der Waals surface area contributed by atoms with Crippen molar-refractivity contribution in [1.29, 1.82) is 0 Å². The van der Waals surface area contributed by atoms with Gasteiger partial charge < -0.3 is 0 Å². The lowest BCUT2D eigenvalue weighted by Gasteiger charge is -2.10. The van der Waals surface area contributed by atoms with E-state index in [4.69, 9.17) is 9.60 Å². The Balaban J connectivity index is 2.28. The Labute approximate surface area is 95.0 Å². The summed E-state index contributed by atoms with van der Waals surface area (Å²) in [5.74, 6) is 0. The maximum atomic E-state index is 7.91. The zero-order valence-electron chi connectivity index (χ0n) is 14.6. The van der Waals surface area contributed by atoms with E-state index in [1.807, 2.05) is 0 Å². The molecule has 1 aliphatic rings. The van der Waals surface area contributed by atoms with Gasteiger partial charge >= 0.3 is 0 Å². The molecule has 0 saturated heterocycles. The Morgan fingerprint density at radius 3 is 2.79 bits per heavy atom.